The summed E-state index contributed by atoms with van der Waals surface area (Å²) in [7, 11) is 0. The Kier molecular flexibility index (Phi) is 5.96. The zero-order valence-corrected chi connectivity index (χ0v) is 19.5. The third-order valence-electron chi connectivity index (χ3n) is 5.96. The number of hydrogen-bond donors (Lipinski definition) is 0. The van der Waals surface area contributed by atoms with Crippen molar-refractivity contribution in [1.29, 1.82) is 0 Å². The molecule has 1 aliphatic rings. The summed E-state index contributed by atoms with van der Waals surface area (Å²) in [6.45, 7) is 3.73. The molecule has 1 saturated heterocycles. The van der Waals surface area contributed by atoms with Crippen LogP contribution in [0, 0.1) is 5.82 Å². The molecule has 1 aliphatic heterocycles. The Balaban J connectivity index is 1.41. The van der Waals surface area contributed by atoms with E-state index in [4.69, 9.17) is 0 Å². The van der Waals surface area contributed by atoms with E-state index < -0.39 is 17.8 Å². The highest BCUT2D eigenvalue weighted by Crippen LogP contribution is 2.34. The molecule has 11 heteroatoms. The Morgan fingerprint density at radius 2 is 1.74 bits per heavy atom. The van der Waals surface area contributed by atoms with E-state index in [2.05, 4.69) is 10.1 Å². The second kappa shape index (κ2) is 8.95. The molecule has 0 bridgehead atoms. The number of piperazine rings is 1. The molecule has 0 aliphatic carbocycles. The lowest BCUT2D eigenvalue weighted by Crippen LogP contribution is -2.48. The zero-order chi connectivity index (χ0) is 24.7. The van der Waals surface area contributed by atoms with Crippen LogP contribution in [-0.4, -0.2) is 51.6 Å². The van der Waals surface area contributed by atoms with E-state index in [0.717, 1.165) is 23.1 Å². The molecule has 0 radical (unpaired) electrons. The number of thiophene rings is 1. The van der Waals surface area contributed by atoms with E-state index >= 15 is 0 Å². The Labute approximate surface area is 202 Å². The molecule has 5 rings (SSSR count). The van der Waals surface area contributed by atoms with E-state index in [-0.39, 0.29) is 22.9 Å². The Morgan fingerprint density at radius 3 is 2.37 bits per heavy atom. The van der Waals surface area contributed by atoms with Crippen molar-refractivity contribution in [2.24, 2.45) is 0 Å². The van der Waals surface area contributed by atoms with Crippen LogP contribution in [-0.2, 0) is 12.6 Å². The highest BCUT2D eigenvalue weighted by atomic mass is 32.1. The first-order valence-corrected chi connectivity index (χ1v) is 11.9. The van der Waals surface area contributed by atoms with E-state index in [0.29, 0.717) is 35.6 Å². The minimum Gasteiger partial charge on any atom is -0.368 e. The fourth-order valence-corrected chi connectivity index (χ4v) is 5.00. The summed E-state index contributed by atoms with van der Waals surface area (Å²) in [6.07, 6.45) is -3.90. The van der Waals surface area contributed by atoms with Crippen molar-refractivity contribution in [3.63, 3.8) is 0 Å². The van der Waals surface area contributed by atoms with Gasteiger partial charge < -0.3 is 9.80 Å². The van der Waals surface area contributed by atoms with Gasteiger partial charge in [0.05, 0.1) is 10.6 Å². The minimum absolute atomic E-state index is 0.0328. The first kappa shape index (κ1) is 23.3. The number of alkyl halides is 3. The first-order chi connectivity index (χ1) is 16.7. The number of fused-ring (bicyclic) bond motifs is 1. The monoisotopic (exact) mass is 503 g/mol. The molecule has 1 amide bonds. The lowest BCUT2D eigenvalue weighted by atomic mass is 10.2. The maximum atomic E-state index is 13.9. The average molecular weight is 504 g/mol. The van der Waals surface area contributed by atoms with Crippen molar-refractivity contribution >= 4 is 28.6 Å². The van der Waals surface area contributed by atoms with Crippen LogP contribution in [0.3, 0.4) is 0 Å². The fraction of sp³-hybridized carbons (Fsp3) is 0.292. The van der Waals surface area contributed by atoms with E-state index in [9.17, 15) is 22.4 Å². The molecule has 4 aromatic rings. The summed E-state index contributed by atoms with van der Waals surface area (Å²) in [6, 6.07) is 12.0. The molecule has 0 saturated carbocycles. The lowest BCUT2D eigenvalue weighted by Gasteiger charge is -2.35. The van der Waals surface area contributed by atoms with Gasteiger partial charge in [-0.15, -0.1) is 11.3 Å². The quantitative estimate of drug-likeness (QED) is 0.362. The number of hydrogen-bond acceptors (Lipinski definition) is 5. The Hall–Kier alpha value is -3.47. The van der Waals surface area contributed by atoms with Crippen molar-refractivity contribution in [2.75, 3.05) is 31.1 Å². The maximum Gasteiger partial charge on any atom is 0.433 e. The summed E-state index contributed by atoms with van der Waals surface area (Å²) in [5.74, 6) is -0.775. The van der Waals surface area contributed by atoms with Crippen LogP contribution < -0.4 is 4.90 Å². The number of nitrogens with zero attached hydrogens (tertiary/aromatic N) is 5. The molecule has 4 heterocycles. The second-order valence-electron chi connectivity index (χ2n) is 8.20. The van der Waals surface area contributed by atoms with Crippen LogP contribution in [0.25, 0.3) is 16.2 Å². The Morgan fingerprint density at radius 1 is 1.03 bits per heavy atom. The summed E-state index contributed by atoms with van der Waals surface area (Å²) in [5.41, 5.74) is -0.0616. The fourth-order valence-electron chi connectivity index (χ4n) is 4.09. The number of aryl methyl sites for hydroxylation is 1. The van der Waals surface area contributed by atoms with Gasteiger partial charge in [-0.2, -0.15) is 18.3 Å². The summed E-state index contributed by atoms with van der Waals surface area (Å²) < 4.78 is 55.5. The van der Waals surface area contributed by atoms with Crippen LogP contribution >= 0.6 is 11.3 Å². The van der Waals surface area contributed by atoms with Crippen LogP contribution in [0.15, 0.2) is 48.5 Å². The topological polar surface area (TPSA) is 53.7 Å². The number of halogens is 4. The van der Waals surface area contributed by atoms with Gasteiger partial charge in [0.1, 0.15) is 5.82 Å². The highest BCUT2D eigenvalue weighted by Gasteiger charge is 2.36. The SMILES string of the molecule is CCc1ccc(-c2cc(C(F)(F)F)n3nc(C(=O)N4CCN(c5ccc(F)cc5)CC4)cc3n2)s1. The smallest absolute Gasteiger partial charge is 0.368 e. The van der Waals surface area contributed by atoms with Gasteiger partial charge in [0.15, 0.2) is 17.0 Å². The summed E-state index contributed by atoms with van der Waals surface area (Å²) in [5, 5.41) is 3.99. The number of amides is 1. The second-order valence-corrected chi connectivity index (χ2v) is 9.37. The standard InChI is InChI=1S/C24H21F4N5OS/c1-2-17-7-8-20(35-17)18-13-21(24(26,27)28)33-22(29-18)14-19(30-33)23(34)32-11-9-31(10-12-32)16-5-3-15(25)4-6-16/h3-8,13-14H,2,9-12H2,1H3. The molecule has 0 atom stereocenters. The zero-order valence-electron chi connectivity index (χ0n) is 18.7. The summed E-state index contributed by atoms with van der Waals surface area (Å²) in [4.78, 5) is 22.7. The van der Waals surface area contributed by atoms with Crippen molar-refractivity contribution in [3.05, 3.63) is 70.6 Å². The molecule has 182 valence electrons. The number of aromatic nitrogens is 3. The van der Waals surface area contributed by atoms with Gasteiger partial charge in [0.25, 0.3) is 5.91 Å². The average Bonchev–Trinajstić information content (AvgIpc) is 3.50. The normalized spacial score (nSPS) is 14.7. The first-order valence-electron chi connectivity index (χ1n) is 11.1. The molecular formula is C24H21F4N5OS. The van der Waals surface area contributed by atoms with Crippen LogP contribution in [0.5, 0.6) is 0 Å². The van der Waals surface area contributed by atoms with Gasteiger partial charge in [0.2, 0.25) is 0 Å². The Bertz CT molecular complexity index is 1370. The van der Waals surface area contributed by atoms with Crippen LogP contribution in [0.4, 0.5) is 23.2 Å². The van der Waals surface area contributed by atoms with Crippen LogP contribution in [0.2, 0.25) is 0 Å². The maximum absolute atomic E-state index is 13.9. The molecule has 1 fully saturated rings. The summed E-state index contributed by atoms with van der Waals surface area (Å²) >= 11 is 1.39. The van der Waals surface area contributed by atoms with Crippen molar-refractivity contribution in [2.45, 2.75) is 19.5 Å². The molecule has 3 aromatic heterocycles. The minimum atomic E-state index is -4.67. The van der Waals surface area contributed by atoms with Gasteiger partial charge in [-0.05, 0) is 48.9 Å². The molecular weight excluding hydrogens is 482 g/mol. The van der Waals surface area contributed by atoms with E-state index in [1.807, 2.05) is 17.9 Å². The number of carbonyl (C=O) groups excluding carboxylic acids is 1. The predicted molar refractivity (Wildman–Crippen MR) is 125 cm³/mol. The van der Waals surface area contributed by atoms with Gasteiger partial charge in [-0.1, -0.05) is 6.92 Å². The third-order valence-corrected chi connectivity index (χ3v) is 7.21. The van der Waals surface area contributed by atoms with E-state index in [1.165, 1.54) is 29.5 Å². The highest BCUT2D eigenvalue weighted by molar-refractivity contribution is 7.15. The van der Waals surface area contributed by atoms with Gasteiger partial charge >= 0.3 is 6.18 Å². The van der Waals surface area contributed by atoms with Crippen molar-refractivity contribution in [3.8, 4) is 10.6 Å². The third kappa shape index (κ3) is 4.60. The molecule has 0 unspecified atom stereocenters. The van der Waals surface area contributed by atoms with Crippen LogP contribution in [0.1, 0.15) is 28.0 Å². The lowest BCUT2D eigenvalue weighted by molar-refractivity contribution is -0.142. The van der Waals surface area contributed by atoms with Gasteiger partial charge in [-0.25, -0.2) is 13.9 Å². The number of anilines is 1. The molecule has 0 N–H and O–H groups in total. The van der Waals surface area contributed by atoms with Crippen molar-refractivity contribution in [1.82, 2.24) is 19.5 Å². The number of carbonyl (C=O) groups is 1. The number of rotatable bonds is 4. The van der Waals surface area contributed by atoms with Gasteiger partial charge in [0, 0.05) is 42.8 Å². The molecule has 35 heavy (non-hydrogen) atoms. The largest absolute Gasteiger partial charge is 0.433 e. The van der Waals surface area contributed by atoms with E-state index in [1.54, 1.807) is 23.1 Å². The molecule has 1 aromatic carbocycles. The molecule has 6 nitrogen and oxygen atoms in total. The predicted octanol–water partition coefficient (Wildman–Crippen LogP) is 5.14. The molecule has 0 spiro atoms. The van der Waals surface area contributed by atoms with Gasteiger partial charge in [-0.3, -0.25) is 4.79 Å². The number of benzene rings is 1. The van der Waals surface area contributed by atoms with Crippen molar-refractivity contribution < 1.29 is 22.4 Å².